The second kappa shape index (κ2) is 6.53. The molecule has 0 bridgehead atoms. The van der Waals surface area contributed by atoms with Crippen molar-refractivity contribution >= 4 is 0 Å². The first kappa shape index (κ1) is 15.4. The molecule has 19 heavy (non-hydrogen) atoms. The predicted octanol–water partition coefficient (Wildman–Crippen LogP) is 3.63. The van der Waals surface area contributed by atoms with Gasteiger partial charge < -0.3 is 5.32 Å². The van der Waals surface area contributed by atoms with Crippen LogP contribution in [-0.4, -0.2) is 6.04 Å². The fraction of sp³-hybridized carbons (Fsp3) is 0.462. The van der Waals surface area contributed by atoms with Crippen molar-refractivity contribution in [2.24, 2.45) is 0 Å². The van der Waals surface area contributed by atoms with E-state index in [1.807, 2.05) is 13.0 Å². The number of halogens is 4. The van der Waals surface area contributed by atoms with Gasteiger partial charge in [-0.15, -0.1) is 0 Å². The van der Waals surface area contributed by atoms with Crippen molar-refractivity contribution in [3.8, 4) is 6.07 Å². The smallest absolute Gasteiger partial charge is 0.309 e. The molecule has 1 rings (SSSR count). The monoisotopic (exact) mass is 274 g/mol. The fourth-order valence-electron chi connectivity index (χ4n) is 1.69. The molecule has 0 radical (unpaired) electrons. The van der Waals surface area contributed by atoms with Crippen molar-refractivity contribution in [3.05, 3.63) is 35.1 Å². The van der Waals surface area contributed by atoms with Gasteiger partial charge in [0, 0.05) is 12.6 Å². The number of nitriles is 1. The molecule has 1 aromatic carbocycles. The molecule has 0 aliphatic heterocycles. The molecule has 0 fully saturated rings. The Morgan fingerprint density at radius 1 is 1.37 bits per heavy atom. The van der Waals surface area contributed by atoms with Gasteiger partial charge in [0.15, 0.2) is 0 Å². The first-order chi connectivity index (χ1) is 8.88. The minimum atomic E-state index is -4.59. The fourth-order valence-corrected chi connectivity index (χ4v) is 1.69. The van der Waals surface area contributed by atoms with E-state index >= 15 is 0 Å². The second-order valence-electron chi connectivity index (χ2n) is 4.15. The molecule has 2 nitrogen and oxygen atoms in total. The van der Waals surface area contributed by atoms with Crippen molar-refractivity contribution in [2.45, 2.75) is 38.5 Å². The van der Waals surface area contributed by atoms with Crippen molar-refractivity contribution in [2.75, 3.05) is 0 Å². The number of nitrogens with zero attached hydrogens (tertiary/aromatic N) is 1. The third-order valence-corrected chi connectivity index (χ3v) is 2.79. The number of alkyl halides is 3. The van der Waals surface area contributed by atoms with E-state index in [0.717, 1.165) is 12.1 Å². The Morgan fingerprint density at radius 3 is 2.58 bits per heavy atom. The Kier molecular flexibility index (Phi) is 5.31. The summed E-state index contributed by atoms with van der Waals surface area (Å²) < 4.78 is 51.1. The summed E-state index contributed by atoms with van der Waals surface area (Å²) in [6, 6.07) is 4.40. The first-order valence-corrected chi connectivity index (χ1v) is 5.84. The normalized spacial score (nSPS) is 13.1. The van der Waals surface area contributed by atoms with Gasteiger partial charge in [0.25, 0.3) is 0 Å². The van der Waals surface area contributed by atoms with Crippen LogP contribution < -0.4 is 5.32 Å². The molecule has 0 amide bonds. The minimum Gasteiger partial charge on any atom is -0.309 e. The van der Waals surface area contributed by atoms with Gasteiger partial charge in [0.2, 0.25) is 0 Å². The van der Waals surface area contributed by atoms with Crippen molar-refractivity contribution in [1.29, 1.82) is 5.26 Å². The van der Waals surface area contributed by atoms with Crippen LogP contribution in [0.1, 0.15) is 30.9 Å². The van der Waals surface area contributed by atoms with E-state index in [0.29, 0.717) is 12.5 Å². The zero-order valence-corrected chi connectivity index (χ0v) is 10.4. The van der Waals surface area contributed by atoms with E-state index in [1.165, 1.54) is 0 Å². The van der Waals surface area contributed by atoms with Gasteiger partial charge in [-0.05, 0) is 24.1 Å². The van der Waals surface area contributed by atoms with Crippen LogP contribution >= 0.6 is 0 Å². The van der Waals surface area contributed by atoms with Crippen LogP contribution in [-0.2, 0) is 12.7 Å². The van der Waals surface area contributed by atoms with Gasteiger partial charge in [-0.3, -0.25) is 0 Å². The lowest BCUT2D eigenvalue weighted by Gasteiger charge is -2.17. The number of nitrogens with one attached hydrogen (secondary N) is 1. The lowest BCUT2D eigenvalue weighted by atomic mass is 10.1. The molecule has 0 heterocycles. The van der Waals surface area contributed by atoms with Crippen LogP contribution in [0.25, 0.3) is 0 Å². The topological polar surface area (TPSA) is 35.8 Å². The summed E-state index contributed by atoms with van der Waals surface area (Å²) in [4.78, 5) is 0. The standard InChI is InChI=1S/C13H14F4N2/c1-2-11(5-6-18)19-8-9-3-4-10(14)7-12(9)13(15,16)17/h3-4,7,11,19H,2,5,8H2,1H3. The lowest BCUT2D eigenvalue weighted by Crippen LogP contribution is -2.28. The third kappa shape index (κ3) is 4.52. The summed E-state index contributed by atoms with van der Waals surface area (Å²) in [5.74, 6) is -0.917. The van der Waals surface area contributed by atoms with Crippen LogP contribution in [0.4, 0.5) is 17.6 Å². The summed E-state index contributed by atoms with van der Waals surface area (Å²) in [6.45, 7) is 1.79. The zero-order chi connectivity index (χ0) is 14.5. The molecule has 0 saturated heterocycles. The van der Waals surface area contributed by atoms with Crippen LogP contribution in [0.5, 0.6) is 0 Å². The highest BCUT2D eigenvalue weighted by molar-refractivity contribution is 5.30. The van der Waals surface area contributed by atoms with Gasteiger partial charge in [-0.2, -0.15) is 18.4 Å². The molecule has 6 heteroatoms. The average molecular weight is 274 g/mol. The Morgan fingerprint density at radius 2 is 2.05 bits per heavy atom. The second-order valence-corrected chi connectivity index (χ2v) is 4.15. The van der Waals surface area contributed by atoms with Crippen molar-refractivity contribution in [3.63, 3.8) is 0 Å². The molecule has 0 spiro atoms. The van der Waals surface area contributed by atoms with E-state index in [9.17, 15) is 17.6 Å². The Bertz CT molecular complexity index is 463. The van der Waals surface area contributed by atoms with Crippen LogP contribution in [0, 0.1) is 17.1 Å². The van der Waals surface area contributed by atoms with E-state index in [4.69, 9.17) is 5.26 Å². The minimum absolute atomic E-state index is 0.0229. The summed E-state index contributed by atoms with van der Waals surface area (Å²) in [5, 5.41) is 11.4. The Labute approximate surface area is 109 Å². The summed E-state index contributed by atoms with van der Waals surface area (Å²) in [7, 11) is 0. The SMILES string of the molecule is CCC(CC#N)NCc1ccc(F)cc1C(F)(F)F. The number of hydrogen-bond donors (Lipinski definition) is 1. The quantitative estimate of drug-likeness (QED) is 0.832. The van der Waals surface area contributed by atoms with Crippen LogP contribution in [0.2, 0.25) is 0 Å². The van der Waals surface area contributed by atoms with Gasteiger partial charge in [-0.1, -0.05) is 13.0 Å². The van der Waals surface area contributed by atoms with Gasteiger partial charge in [0.1, 0.15) is 5.82 Å². The molecular formula is C13H14F4N2. The molecule has 0 saturated carbocycles. The maximum Gasteiger partial charge on any atom is 0.416 e. The van der Waals surface area contributed by atoms with Crippen molar-refractivity contribution < 1.29 is 17.6 Å². The molecule has 1 aromatic rings. The molecule has 1 atom stereocenters. The number of benzene rings is 1. The van der Waals surface area contributed by atoms with E-state index in [2.05, 4.69) is 5.32 Å². The molecule has 104 valence electrons. The third-order valence-electron chi connectivity index (χ3n) is 2.79. The highest BCUT2D eigenvalue weighted by Gasteiger charge is 2.33. The van der Waals surface area contributed by atoms with E-state index in [-0.39, 0.29) is 24.6 Å². The molecule has 0 aliphatic carbocycles. The molecular weight excluding hydrogens is 260 g/mol. The molecule has 0 aliphatic rings. The number of hydrogen-bond acceptors (Lipinski definition) is 2. The Balaban J connectivity index is 2.87. The highest BCUT2D eigenvalue weighted by Crippen LogP contribution is 2.32. The number of rotatable bonds is 5. The maximum atomic E-state index is 12.9. The molecule has 1 N–H and O–H groups in total. The highest BCUT2D eigenvalue weighted by atomic mass is 19.4. The summed E-state index contributed by atoms with van der Waals surface area (Å²) in [6.07, 6.45) is -3.73. The van der Waals surface area contributed by atoms with Gasteiger partial charge in [0.05, 0.1) is 18.1 Å². The van der Waals surface area contributed by atoms with Gasteiger partial charge in [-0.25, -0.2) is 4.39 Å². The predicted molar refractivity (Wildman–Crippen MR) is 62.6 cm³/mol. The maximum absolute atomic E-state index is 12.9. The summed E-state index contributed by atoms with van der Waals surface area (Å²) in [5.41, 5.74) is -1.00. The van der Waals surface area contributed by atoms with E-state index in [1.54, 1.807) is 0 Å². The van der Waals surface area contributed by atoms with Gasteiger partial charge >= 0.3 is 6.18 Å². The van der Waals surface area contributed by atoms with Crippen LogP contribution in [0.15, 0.2) is 18.2 Å². The zero-order valence-electron chi connectivity index (χ0n) is 10.4. The lowest BCUT2D eigenvalue weighted by molar-refractivity contribution is -0.138. The molecule has 0 aromatic heterocycles. The largest absolute Gasteiger partial charge is 0.416 e. The van der Waals surface area contributed by atoms with Crippen LogP contribution in [0.3, 0.4) is 0 Å². The summed E-state index contributed by atoms with van der Waals surface area (Å²) >= 11 is 0. The first-order valence-electron chi connectivity index (χ1n) is 5.84. The van der Waals surface area contributed by atoms with E-state index < -0.39 is 17.6 Å². The average Bonchev–Trinajstić information content (AvgIpc) is 2.34. The molecule has 1 unspecified atom stereocenters. The Hall–Kier alpha value is -1.61. The van der Waals surface area contributed by atoms with Crippen molar-refractivity contribution in [1.82, 2.24) is 5.32 Å².